The minimum Gasteiger partial charge on any atom is -0.464 e. The molecule has 15 heavy (non-hydrogen) atoms. The van der Waals surface area contributed by atoms with Gasteiger partial charge in [-0.05, 0) is 32.1 Å². The van der Waals surface area contributed by atoms with Crippen LogP contribution in [0, 0.1) is 5.92 Å². The van der Waals surface area contributed by atoms with Crippen LogP contribution in [0.5, 0.6) is 0 Å². The molecule has 0 aromatic carbocycles. The number of hydrogen-bond donors (Lipinski definition) is 0. The number of hydrogen-bond acceptors (Lipinski definition) is 3. The second kappa shape index (κ2) is 4.12. The largest absolute Gasteiger partial charge is 0.464 e. The van der Waals surface area contributed by atoms with Crippen LogP contribution in [0.15, 0.2) is 0 Å². The van der Waals surface area contributed by atoms with E-state index in [-0.39, 0.29) is 17.7 Å². The predicted octanol–water partition coefficient (Wildman–Crippen LogP) is 2.29. The SMILES string of the molecule is CCOC(=O)C1OC12CCCC(C)CC2. The highest BCUT2D eigenvalue weighted by atomic mass is 16.7. The highest BCUT2D eigenvalue weighted by Crippen LogP contribution is 2.48. The smallest absolute Gasteiger partial charge is 0.338 e. The van der Waals surface area contributed by atoms with Crippen LogP contribution < -0.4 is 0 Å². The van der Waals surface area contributed by atoms with Crippen molar-refractivity contribution in [2.45, 2.75) is 57.7 Å². The first-order valence-electron chi connectivity index (χ1n) is 6.02. The van der Waals surface area contributed by atoms with Crippen molar-refractivity contribution in [2.75, 3.05) is 6.61 Å². The van der Waals surface area contributed by atoms with Crippen molar-refractivity contribution in [3.05, 3.63) is 0 Å². The average Bonchev–Trinajstić information content (AvgIpc) is 2.93. The Balaban J connectivity index is 1.91. The molecule has 1 spiro atoms. The third-order valence-corrected chi connectivity index (χ3v) is 3.63. The summed E-state index contributed by atoms with van der Waals surface area (Å²) in [6.07, 6.45) is 5.41. The third-order valence-electron chi connectivity index (χ3n) is 3.63. The lowest BCUT2D eigenvalue weighted by Gasteiger charge is -2.08. The fraction of sp³-hybridized carbons (Fsp3) is 0.917. The van der Waals surface area contributed by atoms with Gasteiger partial charge < -0.3 is 9.47 Å². The van der Waals surface area contributed by atoms with Gasteiger partial charge in [0.25, 0.3) is 0 Å². The van der Waals surface area contributed by atoms with Gasteiger partial charge in [-0.1, -0.05) is 19.8 Å². The van der Waals surface area contributed by atoms with Crippen LogP contribution in [0.2, 0.25) is 0 Å². The molecule has 1 aliphatic carbocycles. The second-order valence-corrected chi connectivity index (χ2v) is 4.85. The molecule has 1 heterocycles. The molecule has 2 aliphatic rings. The number of carbonyl (C=O) groups is 1. The van der Waals surface area contributed by atoms with Crippen LogP contribution in [0.4, 0.5) is 0 Å². The van der Waals surface area contributed by atoms with Crippen LogP contribution in [-0.4, -0.2) is 24.3 Å². The Morgan fingerprint density at radius 2 is 2.27 bits per heavy atom. The second-order valence-electron chi connectivity index (χ2n) is 4.85. The molecule has 1 saturated carbocycles. The maximum Gasteiger partial charge on any atom is 0.338 e. The molecule has 2 fully saturated rings. The van der Waals surface area contributed by atoms with Gasteiger partial charge in [-0.25, -0.2) is 4.79 Å². The standard InChI is InChI=1S/C12H20O3/c1-3-14-11(13)10-12(15-10)7-4-5-9(2)6-8-12/h9-10H,3-8H2,1-2H3. The highest BCUT2D eigenvalue weighted by Gasteiger charge is 2.60. The molecule has 86 valence electrons. The number of ether oxygens (including phenoxy) is 2. The number of rotatable bonds is 2. The molecule has 2 rings (SSSR count). The van der Waals surface area contributed by atoms with Crippen molar-refractivity contribution >= 4 is 5.97 Å². The molecule has 0 radical (unpaired) electrons. The van der Waals surface area contributed by atoms with E-state index in [1.165, 1.54) is 19.3 Å². The molecular formula is C12H20O3. The third kappa shape index (κ3) is 2.17. The van der Waals surface area contributed by atoms with Crippen LogP contribution in [0.3, 0.4) is 0 Å². The molecule has 3 nitrogen and oxygen atoms in total. The van der Waals surface area contributed by atoms with Gasteiger partial charge >= 0.3 is 5.97 Å². The predicted molar refractivity (Wildman–Crippen MR) is 56.5 cm³/mol. The van der Waals surface area contributed by atoms with Crippen LogP contribution in [0.1, 0.15) is 46.0 Å². The van der Waals surface area contributed by atoms with Crippen LogP contribution >= 0.6 is 0 Å². The average molecular weight is 212 g/mol. The zero-order chi connectivity index (χ0) is 10.9. The van der Waals surface area contributed by atoms with E-state index in [1.807, 2.05) is 6.92 Å². The summed E-state index contributed by atoms with van der Waals surface area (Å²) in [6, 6.07) is 0. The van der Waals surface area contributed by atoms with Crippen LogP contribution in [0.25, 0.3) is 0 Å². The van der Waals surface area contributed by atoms with Gasteiger partial charge in [0.05, 0.1) is 6.61 Å². The number of esters is 1. The van der Waals surface area contributed by atoms with Crippen molar-refractivity contribution in [3.63, 3.8) is 0 Å². The fourth-order valence-electron chi connectivity index (χ4n) is 2.57. The van der Waals surface area contributed by atoms with E-state index in [4.69, 9.17) is 9.47 Å². The molecule has 0 bridgehead atoms. The maximum absolute atomic E-state index is 11.5. The summed E-state index contributed by atoms with van der Waals surface area (Å²) in [6.45, 7) is 4.56. The molecule has 0 aromatic heterocycles. The topological polar surface area (TPSA) is 38.8 Å². The molecule has 3 unspecified atom stereocenters. The lowest BCUT2D eigenvalue weighted by Crippen LogP contribution is -2.22. The summed E-state index contributed by atoms with van der Waals surface area (Å²) in [7, 11) is 0. The lowest BCUT2D eigenvalue weighted by atomic mass is 9.95. The molecule has 3 heteroatoms. The van der Waals surface area contributed by atoms with Crippen molar-refractivity contribution in [2.24, 2.45) is 5.92 Å². The fourth-order valence-corrected chi connectivity index (χ4v) is 2.57. The van der Waals surface area contributed by atoms with Gasteiger partial charge in [-0.2, -0.15) is 0 Å². The van der Waals surface area contributed by atoms with Gasteiger partial charge in [0.15, 0.2) is 6.10 Å². The maximum atomic E-state index is 11.5. The number of carbonyl (C=O) groups excluding carboxylic acids is 1. The monoisotopic (exact) mass is 212 g/mol. The van der Waals surface area contributed by atoms with Crippen molar-refractivity contribution < 1.29 is 14.3 Å². The zero-order valence-corrected chi connectivity index (χ0v) is 9.62. The molecule has 1 aliphatic heterocycles. The first-order chi connectivity index (χ1) is 7.18. The number of epoxide rings is 1. The normalized spacial score (nSPS) is 39.9. The Hall–Kier alpha value is -0.570. The molecule has 0 amide bonds. The summed E-state index contributed by atoms with van der Waals surface area (Å²) in [4.78, 5) is 11.5. The Morgan fingerprint density at radius 1 is 1.47 bits per heavy atom. The summed E-state index contributed by atoms with van der Waals surface area (Å²) < 4.78 is 10.6. The van der Waals surface area contributed by atoms with E-state index in [2.05, 4.69) is 6.92 Å². The molecule has 0 aromatic rings. The van der Waals surface area contributed by atoms with Crippen molar-refractivity contribution in [3.8, 4) is 0 Å². The first-order valence-corrected chi connectivity index (χ1v) is 6.02. The van der Waals surface area contributed by atoms with E-state index in [0.717, 1.165) is 18.8 Å². The summed E-state index contributed by atoms with van der Waals surface area (Å²) in [5.74, 6) is 0.614. The molecule has 1 saturated heterocycles. The minimum absolute atomic E-state index is 0.142. The van der Waals surface area contributed by atoms with Gasteiger partial charge in [0.1, 0.15) is 5.60 Å². The molecule has 0 N–H and O–H groups in total. The van der Waals surface area contributed by atoms with Gasteiger partial charge in [0.2, 0.25) is 0 Å². The van der Waals surface area contributed by atoms with Crippen LogP contribution in [-0.2, 0) is 14.3 Å². The Bertz CT molecular complexity index is 251. The Kier molecular flexibility index (Phi) is 3.01. The van der Waals surface area contributed by atoms with E-state index in [9.17, 15) is 4.79 Å². The minimum atomic E-state index is -0.261. The Labute approximate surface area is 91.1 Å². The van der Waals surface area contributed by atoms with E-state index in [1.54, 1.807) is 0 Å². The van der Waals surface area contributed by atoms with Crippen molar-refractivity contribution in [1.82, 2.24) is 0 Å². The van der Waals surface area contributed by atoms with E-state index >= 15 is 0 Å². The summed E-state index contributed by atoms with van der Waals surface area (Å²) in [5, 5.41) is 0. The molecule has 3 atom stereocenters. The summed E-state index contributed by atoms with van der Waals surface area (Å²) >= 11 is 0. The first kappa shape index (κ1) is 10.9. The van der Waals surface area contributed by atoms with Gasteiger partial charge in [-0.3, -0.25) is 0 Å². The van der Waals surface area contributed by atoms with Crippen molar-refractivity contribution in [1.29, 1.82) is 0 Å². The van der Waals surface area contributed by atoms with Gasteiger partial charge in [0, 0.05) is 0 Å². The quantitative estimate of drug-likeness (QED) is 0.520. The zero-order valence-electron chi connectivity index (χ0n) is 9.62. The lowest BCUT2D eigenvalue weighted by molar-refractivity contribution is -0.144. The van der Waals surface area contributed by atoms with E-state index < -0.39 is 0 Å². The summed E-state index contributed by atoms with van der Waals surface area (Å²) in [5.41, 5.74) is -0.142. The Morgan fingerprint density at radius 3 is 3.00 bits per heavy atom. The highest BCUT2D eigenvalue weighted by molar-refractivity contribution is 5.79. The van der Waals surface area contributed by atoms with Gasteiger partial charge in [-0.15, -0.1) is 0 Å². The van der Waals surface area contributed by atoms with E-state index in [0.29, 0.717) is 6.61 Å². The molecular weight excluding hydrogens is 192 g/mol.